The molecule has 0 aromatic heterocycles. The largest absolute Gasteiger partial charge is 0.350 e. The third kappa shape index (κ3) is 4.62. The number of rotatable bonds is 5. The van der Waals surface area contributed by atoms with Crippen LogP contribution in [0.3, 0.4) is 0 Å². The Kier molecular flexibility index (Phi) is 6.22. The first kappa shape index (κ1) is 22.6. The number of amides is 3. The molecule has 6 nitrogen and oxygen atoms in total. The fourth-order valence-corrected chi connectivity index (χ4v) is 3.93. The summed E-state index contributed by atoms with van der Waals surface area (Å²) in [4.78, 5) is 39.2. The first-order valence-electron chi connectivity index (χ1n) is 10.0. The highest BCUT2D eigenvalue weighted by Crippen LogP contribution is 2.31. The van der Waals surface area contributed by atoms with Crippen molar-refractivity contribution in [3.8, 4) is 0 Å². The van der Waals surface area contributed by atoms with Gasteiger partial charge in [0.1, 0.15) is 10.7 Å². The van der Waals surface area contributed by atoms with Crippen molar-refractivity contribution in [3.05, 3.63) is 99.2 Å². The van der Waals surface area contributed by atoms with E-state index in [2.05, 4.69) is 10.6 Å². The van der Waals surface area contributed by atoms with Gasteiger partial charge < -0.3 is 10.6 Å². The fraction of sp³-hybridized carbons (Fsp3) is 0.0800. The molecule has 0 spiro atoms. The summed E-state index contributed by atoms with van der Waals surface area (Å²) in [7, 11) is 0. The number of carbonyl (C=O) groups excluding carboxylic acids is 3. The van der Waals surface area contributed by atoms with Gasteiger partial charge in [0.05, 0.1) is 16.4 Å². The lowest BCUT2D eigenvalue weighted by atomic mass is 10.1. The SMILES string of the molecule is Cc1cc(C)cc(N2C(=O)C(Cl)=C(Nc3ccc(C(=O)Nc4ccccc4Cl)cc3)C2=O)c1. The maximum Gasteiger partial charge on any atom is 0.283 e. The van der Waals surface area contributed by atoms with Crippen molar-refractivity contribution in [3.63, 3.8) is 0 Å². The molecule has 33 heavy (non-hydrogen) atoms. The number of imide groups is 1. The monoisotopic (exact) mass is 479 g/mol. The van der Waals surface area contributed by atoms with E-state index in [0.717, 1.165) is 16.0 Å². The van der Waals surface area contributed by atoms with Crippen LogP contribution in [0.15, 0.2) is 77.5 Å². The quantitative estimate of drug-likeness (QED) is 0.463. The summed E-state index contributed by atoms with van der Waals surface area (Å²) in [6.07, 6.45) is 0. The van der Waals surface area contributed by atoms with E-state index in [1.165, 1.54) is 0 Å². The second-order valence-electron chi connectivity index (χ2n) is 7.62. The molecule has 1 heterocycles. The zero-order valence-electron chi connectivity index (χ0n) is 17.8. The van der Waals surface area contributed by atoms with E-state index in [0.29, 0.717) is 27.6 Å². The normalized spacial score (nSPS) is 13.5. The molecular weight excluding hydrogens is 461 g/mol. The van der Waals surface area contributed by atoms with Crippen molar-refractivity contribution in [2.24, 2.45) is 0 Å². The van der Waals surface area contributed by atoms with Crippen LogP contribution < -0.4 is 15.5 Å². The first-order chi connectivity index (χ1) is 15.7. The minimum Gasteiger partial charge on any atom is -0.350 e. The van der Waals surface area contributed by atoms with Gasteiger partial charge in [0.2, 0.25) is 0 Å². The number of nitrogens with one attached hydrogen (secondary N) is 2. The Morgan fingerprint density at radius 2 is 1.48 bits per heavy atom. The smallest absolute Gasteiger partial charge is 0.283 e. The van der Waals surface area contributed by atoms with Crippen LogP contribution in [0.1, 0.15) is 21.5 Å². The first-order valence-corrected chi connectivity index (χ1v) is 10.8. The highest BCUT2D eigenvalue weighted by atomic mass is 35.5. The van der Waals surface area contributed by atoms with Gasteiger partial charge in [-0.25, -0.2) is 4.90 Å². The zero-order valence-corrected chi connectivity index (χ0v) is 19.3. The Balaban J connectivity index is 1.50. The number of aryl methyl sites for hydroxylation is 2. The second kappa shape index (κ2) is 9.10. The van der Waals surface area contributed by atoms with Crippen LogP contribution in [-0.2, 0) is 9.59 Å². The average Bonchev–Trinajstić information content (AvgIpc) is 2.98. The lowest BCUT2D eigenvalue weighted by Gasteiger charge is -2.16. The van der Waals surface area contributed by atoms with E-state index in [1.54, 1.807) is 60.7 Å². The Hall–Kier alpha value is -3.61. The van der Waals surface area contributed by atoms with Gasteiger partial charge in [0, 0.05) is 11.3 Å². The van der Waals surface area contributed by atoms with Crippen molar-refractivity contribution in [2.75, 3.05) is 15.5 Å². The molecule has 3 aromatic carbocycles. The maximum absolute atomic E-state index is 13.0. The fourth-order valence-electron chi connectivity index (χ4n) is 3.53. The van der Waals surface area contributed by atoms with Crippen molar-refractivity contribution >= 4 is 58.0 Å². The van der Waals surface area contributed by atoms with Crippen LogP contribution in [-0.4, -0.2) is 17.7 Å². The van der Waals surface area contributed by atoms with Gasteiger partial charge >= 0.3 is 0 Å². The molecule has 1 aliphatic rings. The van der Waals surface area contributed by atoms with E-state index in [9.17, 15) is 14.4 Å². The van der Waals surface area contributed by atoms with Crippen molar-refractivity contribution in [1.29, 1.82) is 0 Å². The van der Waals surface area contributed by atoms with Crippen LogP contribution in [0.25, 0.3) is 0 Å². The average molecular weight is 480 g/mol. The maximum atomic E-state index is 13.0. The van der Waals surface area contributed by atoms with Gasteiger partial charge in [-0.1, -0.05) is 41.4 Å². The van der Waals surface area contributed by atoms with E-state index in [-0.39, 0.29) is 16.6 Å². The standard InChI is InChI=1S/C25H19Cl2N3O3/c1-14-11-15(2)13-18(12-14)30-24(32)21(27)22(25(30)33)28-17-9-7-16(8-10-17)23(31)29-20-6-4-3-5-19(20)26/h3-13,28H,1-2H3,(H,29,31). The summed E-state index contributed by atoms with van der Waals surface area (Å²) in [5.74, 6) is -1.47. The van der Waals surface area contributed by atoms with E-state index in [1.807, 2.05) is 19.9 Å². The minimum atomic E-state index is -0.593. The predicted octanol–water partition coefficient (Wildman–Crippen LogP) is 5.64. The number of para-hydroxylation sites is 1. The number of anilines is 3. The van der Waals surface area contributed by atoms with Gasteiger partial charge in [-0.2, -0.15) is 0 Å². The van der Waals surface area contributed by atoms with E-state index >= 15 is 0 Å². The van der Waals surface area contributed by atoms with Crippen LogP contribution in [0.5, 0.6) is 0 Å². The summed E-state index contributed by atoms with van der Waals surface area (Å²) in [5, 5.41) is 5.89. The zero-order chi connectivity index (χ0) is 23.7. The molecule has 0 atom stereocenters. The lowest BCUT2D eigenvalue weighted by molar-refractivity contribution is -0.120. The molecule has 0 saturated carbocycles. The highest BCUT2D eigenvalue weighted by molar-refractivity contribution is 6.53. The number of hydrogen-bond acceptors (Lipinski definition) is 4. The predicted molar refractivity (Wildman–Crippen MR) is 131 cm³/mol. The molecule has 3 aromatic rings. The molecule has 0 bridgehead atoms. The summed E-state index contributed by atoms with van der Waals surface area (Å²) in [6.45, 7) is 3.78. The van der Waals surface area contributed by atoms with Gasteiger partial charge in [0.25, 0.3) is 17.7 Å². The Morgan fingerprint density at radius 1 is 0.848 bits per heavy atom. The number of carbonyl (C=O) groups is 3. The Labute approximate surface area is 200 Å². The molecule has 0 aliphatic carbocycles. The second-order valence-corrected chi connectivity index (χ2v) is 8.40. The van der Waals surface area contributed by atoms with Crippen molar-refractivity contribution < 1.29 is 14.4 Å². The summed E-state index contributed by atoms with van der Waals surface area (Å²) >= 11 is 12.3. The lowest BCUT2D eigenvalue weighted by Crippen LogP contribution is -2.32. The minimum absolute atomic E-state index is 0.0194. The summed E-state index contributed by atoms with van der Waals surface area (Å²) in [5.41, 5.74) is 3.69. The van der Waals surface area contributed by atoms with Crippen LogP contribution in [0, 0.1) is 13.8 Å². The molecule has 8 heteroatoms. The van der Waals surface area contributed by atoms with Crippen LogP contribution in [0.2, 0.25) is 5.02 Å². The number of hydrogen-bond donors (Lipinski definition) is 2. The van der Waals surface area contributed by atoms with E-state index in [4.69, 9.17) is 23.2 Å². The molecule has 166 valence electrons. The van der Waals surface area contributed by atoms with Crippen molar-refractivity contribution in [1.82, 2.24) is 0 Å². The number of nitrogens with zero attached hydrogens (tertiary/aromatic N) is 1. The summed E-state index contributed by atoms with van der Waals surface area (Å²) < 4.78 is 0. The van der Waals surface area contributed by atoms with Crippen LogP contribution in [0.4, 0.5) is 17.1 Å². The molecular formula is C25H19Cl2N3O3. The van der Waals surface area contributed by atoms with Crippen LogP contribution >= 0.6 is 23.2 Å². The van der Waals surface area contributed by atoms with Gasteiger partial charge in [0.15, 0.2) is 0 Å². The third-order valence-electron chi connectivity index (χ3n) is 5.03. The molecule has 0 saturated heterocycles. The molecule has 2 N–H and O–H groups in total. The summed E-state index contributed by atoms with van der Waals surface area (Å²) in [6, 6.07) is 18.8. The highest BCUT2D eigenvalue weighted by Gasteiger charge is 2.39. The molecule has 3 amide bonds. The molecule has 4 rings (SSSR count). The number of benzene rings is 3. The van der Waals surface area contributed by atoms with E-state index < -0.39 is 11.8 Å². The topological polar surface area (TPSA) is 78.5 Å². The molecule has 0 radical (unpaired) electrons. The van der Waals surface area contributed by atoms with Crippen molar-refractivity contribution in [2.45, 2.75) is 13.8 Å². The molecule has 0 unspecified atom stereocenters. The third-order valence-corrected chi connectivity index (χ3v) is 5.71. The van der Waals surface area contributed by atoms with Gasteiger partial charge in [-0.3, -0.25) is 14.4 Å². The molecule has 0 fully saturated rings. The Morgan fingerprint density at radius 3 is 2.12 bits per heavy atom. The van der Waals surface area contributed by atoms with Gasteiger partial charge in [-0.15, -0.1) is 0 Å². The van der Waals surface area contributed by atoms with Gasteiger partial charge in [-0.05, 0) is 73.5 Å². The Bertz CT molecular complexity index is 1300. The number of halogens is 2. The molecule has 1 aliphatic heterocycles.